The first-order valence-electron chi connectivity index (χ1n) is 8.55. The highest BCUT2D eigenvalue weighted by molar-refractivity contribution is 6.31. The Kier molecular flexibility index (Phi) is 4.41. The van der Waals surface area contributed by atoms with Gasteiger partial charge in [0.1, 0.15) is 5.65 Å². The number of carbonyl (C=O) groups excluding carboxylic acids is 2. The van der Waals surface area contributed by atoms with Crippen molar-refractivity contribution in [3.63, 3.8) is 0 Å². The van der Waals surface area contributed by atoms with E-state index in [4.69, 9.17) is 11.6 Å². The number of aromatic nitrogens is 2. The predicted octanol–water partition coefficient (Wildman–Crippen LogP) is 3.55. The van der Waals surface area contributed by atoms with E-state index < -0.39 is 0 Å². The zero-order valence-electron chi connectivity index (χ0n) is 14.6. The number of pyridine rings is 1. The Bertz CT molecular complexity index is 1090. The molecule has 4 rings (SSSR count). The summed E-state index contributed by atoms with van der Waals surface area (Å²) in [5.41, 5.74) is 4.02. The van der Waals surface area contributed by atoms with Crippen molar-refractivity contribution in [1.29, 1.82) is 0 Å². The minimum absolute atomic E-state index is 0.0263. The summed E-state index contributed by atoms with van der Waals surface area (Å²) in [5.74, 6) is -0.239. The van der Waals surface area contributed by atoms with Gasteiger partial charge >= 0.3 is 0 Å². The molecule has 1 aliphatic heterocycles. The van der Waals surface area contributed by atoms with Crippen LogP contribution in [0.1, 0.15) is 18.2 Å². The molecule has 2 amide bonds. The summed E-state index contributed by atoms with van der Waals surface area (Å²) in [7, 11) is 0. The minimum atomic E-state index is -0.265. The molecule has 27 heavy (non-hydrogen) atoms. The first kappa shape index (κ1) is 17.3. The molecule has 0 bridgehead atoms. The third kappa shape index (κ3) is 3.31. The number of carbonyl (C=O) groups is 2. The number of rotatable bonds is 3. The van der Waals surface area contributed by atoms with Crippen LogP contribution < -0.4 is 10.2 Å². The highest BCUT2D eigenvalue weighted by atomic mass is 35.5. The monoisotopic (exact) mass is 380 g/mol. The molecule has 3 aromatic rings. The molecule has 1 aliphatic rings. The van der Waals surface area contributed by atoms with E-state index in [1.165, 1.54) is 6.08 Å². The lowest BCUT2D eigenvalue weighted by molar-refractivity contribution is -0.116. The quantitative estimate of drug-likeness (QED) is 0.706. The second kappa shape index (κ2) is 6.89. The van der Waals surface area contributed by atoms with E-state index in [0.29, 0.717) is 23.1 Å². The molecule has 0 saturated heterocycles. The number of nitrogens with zero attached hydrogens (tertiary/aromatic N) is 3. The van der Waals surface area contributed by atoms with Crippen molar-refractivity contribution in [3.8, 4) is 0 Å². The number of anilines is 2. The molecular formula is C20H17ClN4O2. The van der Waals surface area contributed by atoms with Crippen LogP contribution in [-0.4, -0.2) is 27.7 Å². The molecule has 136 valence electrons. The van der Waals surface area contributed by atoms with Crippen LogP contribution in [0.2, 0.25) is 5.15 Å². The maximum Gasteiger partial charge on any atom is 0.248 e. The van der Waals surface area contributed by atoms with Crippen molar-refractivity contribution < 1.29 is 9.59 Å². The van der Waals surface area contributed by atoms with Gasteiger partial charge in [0.15, 0.2) is 5.15 Å². The van der Waals surface area contributed by atoms with Crippen molar-refractivity contribution >= 4 is 46.5 Å². The third-order valence-electron chi connectivity index (χ3n) is 4.54. The fourth-order valence-electron chi connectivity index (χ4n) is 3.28. The fourth-order valence-corrected chi connectivity index (χ4v) is 3.52. The standard InChI is InChI=1S/C20H17ClN4O2/c1-13(26)24-11-9-14-12-15(5-6-16(14)24)22-19(27)8-7-17-20(21)23-18-4-2-3-10-25(17)18/h2-8,10,12H,9,11H2,1H3,(H,22,27)/b8-7+. The number of imidazole rings is 1. The van der Waals surface area contributed by atoms with Crippen molar-refractivity contribution in [3.05, 3.63) is 65.1 Å². The van der Waals surface area contributed by atoms with Crippen LogP contribution in [-0.2, 0) is 16.0 Å². The summed E-state index contributed by atoms with van der Waals surface area (Å²) in [6.45, 7) is 2.23. The average molecular weight is 381 g/mol. The van der Waals surface area contributed by atoms with Crippen molar-refractivity contribution in [2.45, 2.75) is 13.3 Å². The average Bonchev–Trinajstić information content (AvgIpc) is 3.20. The van der Waals surface area contributed by atoms with Gasteiger partial charge in [0.2, 0.25) is 11.8 Å². The minimum Gasteiger partial charge on any atom is -0.323 e. The molecule has 0 saturated carbocycles. The van der Waals surface area contributed by atoms with Crippen LogP contribution in [0.15, 0.2) is 48.7 Å². The van der Waals surface area contributed by atoms with E-state index in [9.17, 15) is 9.59 Å². The van der Waals surface area contributed by atoms with Crippen molar-refractivity contribution in [1.82, 2.24) is 9.38 Å². The number of hydrogen-bond acceptors (Lipinski definition) is 3. The smallest absolute Gasteiger partial charge is 0.248 e. The summed E-state index contributed by atoms with van der Waals surface area (Å²) in [6.07, 6.45) is 5.69. The van der Waals surface area contributed by atoms with Gasteiger partial charge in [-0.25, -0.2) is 4.98 Å². The molecular weight excluding hydrogens is 364 g/mol. The van der Waals surface area contributed by atoms with Gasteiger partial charge in [-0.3, -0.25) is 14.0 Å². The van der Waals surface area contributed by atoms with Crippen LogP contribution in [0.25, 0.3) is 11.7 Å². The number of fused-ring (bicyclic) bond motifs is 2. The molecule has 0 aliphatic carbocycles. The van der Waals surface area contributed by atoms with Crippen LogP contribution in [0.5, 0.6) is 0 Å². The van der Waals surface area contributed by atoms with E-state index in [-0.39, 0.29) is 11.8 Å². The fraction of sp³-hybridized carbons (Fsp3) is 0.150. The number of hydrogen-bond donors (Lipinski definition) is 1. The molecule has 1 N–H and O–H groups in total. The van der Waals surface area contributed by atoms with E-state index in [1.54, 1.807) is 24.0 Å². The van der Waals surface area contributed by atoms with Gasteiger partial charge in [0, 0.05) is 37.1 Å². The molecule has 0 fully saturated rings. The van der Waals surface area contributed by atoms with Gasteiger partial charge in [-0.15, -0.1) is 0 Å². The Hall–Kier alpha value is -3.12. The van der Waals surface area contributed by atoms with E-state index >= 15 is 0 Å². The zero-order valence-corrected chi connectivity index (χ0v) is 15.4. The van der Waals surface area contributed by atoms with Gasteiger partial charge in [-0.1, -0.05) is 17.7 Å². The number of benzene rings is 1. The normalized spacial score (nSPS) is 13.3. The van der Waals surface area contributed by atoms with Gasteiger partial charge in [0.25, 0.3) is 0 Å². The summed E-state index contributed by atoms with van der Waals surface area (Å²) >= 11 is 6.17. The lowest BCUT2D eigenvalue weighted by atomic mass is 10.1. The first-order chi connectivity index (χ1) is 13.0. The SMILES string of the molecule is CC(=O)N1CCc2cc(NC(=O)/C=C/c3c(Cl)nc4ccccn34)ccc21. The molecule has 2 aromatic heterocycles. The highest BCUT2D eigenvalue weighted by Gasteiger charge is 2.22. The van der Waals surface area contributed by atoms with Gasteiger partial charge in [-0.05, 0) is 48.4 Å². The van der Waals surface area contributed by atoms with Crippen LogP contribution in [0, 0.1) is 0 Å². The zero-order chi connectivity index (χ0) is 19.0. The lowest BCUT2D eigenvalue weighted by Crippen LogP contribution is -2.25. The van der Waals surface area contributed by atoms with Crippen LogP contribution in [0.3, 0.4) is 0 Å². The Morgan fingerprint density at radius 2 is 2.11 bits per heavy atom. The molecule has 0 unspecified atom stereocenters. The maximum atomic E-state index is 12.3. The second-order valence-electron chi connectivity index (χ2n) is 6.30. The number of nitrogens with one attached hydrogen (secondary N) is 1. The topological polar surface area (TPSA) is 66.7 Å². The molecule has 6 nitrogen and oxygen atoms in total. The number of halogens is 1. The largest absolute Gasteiger partial charge is 0.323 e. The van der Waals surface area contributed by atoms with Crippen LogP contribution >= 0.6 is 11.6 Å². The Labute approximate surface area is 161 Å². The van der Waals surface area contributed by atoms with Gasteiger partial charge in [0.05, 0.1) is 5.69 Å². The highest BCUT2D eigenvalue weighted by Crippen LogP contribution is 2.30. The predicted molar refractivity (Wildman–Crippen MR) is 106 cm³/mol. The molecule has 3 heterocycles. The maximum absolute atomic E-state index is 12.3. The molecule has 7 heteroatoms. The van der Waals surface area contributed by atoms with E-state index in [1.807, 2.05) is 40.9 Å². The second-order valence-corrected chi connectivity index (χ2v) is 6.66. The lowest BCUT2D eigenvalue weighted by Gasteiger charge is -2.14. The Morgan fingerprint density at radius 1 is 1.26 bits per heavy atom. The van der Waals surface area contributed by atoms with E-state index in [0.717, 1.165) is 23.3 Å². The first-order valence-corrected chi connectivity index (χ1v) is 8.93. The summed E-state index contributed by atoms with van der Waals surface area (Å²) in [5, 5.41) is 3.18. The van der Waals surface area contributed by atoms with Crippen molar-refractivity contribution in [2.24, 2.45) is 0 Å². The summed E-state index contributed by atoms with van der Waals surface area (Å²) in [6, 6.07) is 11.2. The molecule has 1 aromatic carbocycles. The molecule has 0 atom stereocenters. The van der Waals surface area contributed by atoms with E-state index in [2.05, 4.69) is 10.3 Å². The van der Waals surface area contributed by atoms with Crippen LogP contribution in [0.4, 0.5) is 11.4 Å². The third-order valence-corrected chi connectivity index (χ3v) is 4.82. The molecule has 0 radical (unpaired) electrons. The summed E-state index contributed by atoms with van der Waals surface area (Å²) in [4.78, 5) is 29.9. The number of amides is 2. The Morgan fingerprint density at radius 3 is 2.93 bits per heavy atom. The van der Waals surface area contributed by atoms with Gasteiger partial charge in [-0.2, -0.15) is 0 Å². The van der Waals surface area contributed by atoms with Gasteiger partial charge < -0.3 is 10.2 Å². The summed E-state index contributed by atoms with van der Waals surface area (Å²) < 4.78 is 1.82. The Balaban J connectivity index is 1.51. The van der Waals surface area contributed by atoms with Crippen molar-refractivity contribution in [2.75, 3.05) is 16.8 Å². The molecule has 0 spiro atoms.